The molecule has 7 amide bonds. The van der Waals surface area contributed by atoms with Gasteiger partial charge in [0, 0.05) is 25.2 Å². The molecule has 1 aromatic rings. The highest BCUT2D eigenvalue weighted by atomic mass is 16.2. The van der Waals surface area contributed by atoms with Crippen molar-refractivity contribution in [2.45, 2.75) is 105 Å². The van der Waals surface area contributed by atoms with Gasteiger partial charge in [0.2, 0.25) is 23.5 Å². The van der Waals surface area contributed by atoms with Gasteiger partial charge >= 0.3 is 6.03 Å². The molecular weight excluding hydrogens is 676 g/mol. The fraction of sp³-hybridized carbons (Fsp3) is 0.575. The fourth-order valence-corrected chi connectivity index (χ4v) is 6.95. The largest absolute Gasteiger partial charge is 0.346 e. The molecule has 1 saturated heterocycles. The summed E-state index contributed by atoms with van der Waals surface area (Å²) in [6.45, 7) is 22.4. The zero-order valence-corrected chi connectivity index (χ0v) is 32.5. The molecule has 1 fully saturated rings. The Bertz CT molecular complexity index is 1590. The van der Waals surface area contributed by atoms with E-state index >= 15 is 0 Å². The van der Waals surface area contributed by atoms with Gasteiger partial charge in [0.05, 0.1) is 18.5 Å². The molecule has 6 atom stereocenters. The first-order valence-corrected chi connectivity index (χ1v) is 18.5. The number of likely N-dealkylation sites (tertiary alicyclic amines) is 1. The number of urea groups is 1. The summed E-state index contributed by atoms with van der Waals surface area (Å²) in [6.07, 6.45) is 4.47. The highest BCUT2D eigenvalue weighted by molar-refractivity contribution is 6.38. The fourth-order valence-electron chi connectivity index (χ4n) is 6.95. The Morgan fingerprint density at radius 2 is 1.60 bits per heavy atom. The summed E-state index contributed by atoms with van der Waals surface area (Å²) in [5.74, 6) is -4.08. The minimum absolute atomic E-state index is 0.0659. The van der Waals surface area contributed by atoms with Gasteiger partial charge in [-0.2, -0.15) is 0 Å². The second-order valence-electron chi connectivity index (χ2n) is 16.1. The average Bonchev–Trinajstić information content (AvgIpc) is 3.48. The molecule has 1 aromatic carbocycles. The average molecular weight is 735 g/mol. The van der Waals surface area contributed by atoms with Crippen LogP contribution in [0.3, 0.4) is 0 Å². The van der Waals surface area contributed by atoms with E-state index in [9.17, 15) is 33.6 Å². The van der Waals surface area contributed by atoms with Crippen molar-refractivity contribution in [1.29, 1.82) is 0 Å². The first-order valence-electron chi connectivity index (χ1n) is 18.5. The number of fused-ring (bicyclic) bond motifs is 1. The summed E-state index contributed by atoms with van der Waals surface area (Å²) in [7, 11) is 0. The Labute approximate surface area is 313 Å². The van der Waals surface area contributed by atoms with Gasteiger partial charge in [0.1, 0.15) is 12.1 Å². The quantitative estimate of drug-likeness (QED) is 0.121. The summed E-state index contributed by atoms with van der Waals surface area (Å²) < 4.78 is 0. The van der Waals surface area contributed by atoms with Crippen LogP contribution in [0.2, 0.25) is 0 Å². The van der Waals surface area contributed by atoms with Crippen LogP contribution in [0.1, 0.15) is 90.6 Å². The van der Waals surface area contributed by atoms with Crippen LogP contribution in [-0.4, -0.2) is 95.0 Å². The van der Waals surface area contributed by atoms with Crippen molar-refractivity contribution in [3.8, 4) is 0 Å². The number of hydrogen-bond acceptors (Lipinski definition) is 7. The van der Waals surface area contributed by atoms with Crippen LogP contribution >= 0.6 is 0 Å². The predicted octanol–water partition coefficient (Wildman–Crippen LogP) is 3.54. The number of nitrogens with zero attached hydrogens (tertiary/aromatic N) is 2. The molecule has 0 radical (unpaired) electrons. The molecule has 13 nitrogen and oxygen atoms in total. The lowest BCUT2D eigenvalue weighted by atomic mass is 9.84. The van der Waals surface area contributed by atoms with Crippen LogP contribution < -0.4 is 21.3 Å². The molecular formula is C40H58N6O7. The normalized spacial score (nSPS) is 20.4. The summed E-state index contributed by atoms with van der Waals surface area (Å²) in [4.78, 5) is 97.1. The Morgan fingerprint density at radius 3 is 2.17 bits per heavy atom. The van der Waals surface area contributed by atoms with E-state index in [2.05, 4.69) is 34.4 Å². The SMILES string of the molecule is C=CCNC(=O)C(=O)C(CCC)NC(=O)[C@@H]1C(CC)C(C=C)CN1C(=O)[C@@H](NC(=O)N[C@H](CN1C(=O)Cc2ccccc2C1=O)C(C)(C)C)C(C)(C)C. The zero-order chi connectivity index (χ0) is 39.8. The van der Waals surface area contributed by atoms with Crippen molar-refractivity contribution in [2.24, 2.45) is 22.7 Å². The van der Waals surface area contributed by atoms with Gasteiger partial charge in [-0.25, -0.2) is 4.79 Å². The van der Waals surface area contributed by atoms with Gasteiger partial charge < -0.3 is 26.2 Å². The standard InChI is InChI=1S/C40H58N6O7/c1-11-17-28(32(48)35(50)41-20-12-2)42-34(49)31-26(14-4)24(13-3)22-46(31)37(52)33(40(8,9)10)44-38(53)43-29(39(5,6)7)23-45-30(47)21-25-18-15-16-19-27(25)36(45)51/h12-13,15-16,18-19,24,26,28-29,31,33H,2-3,11,14,17,20-23H2,1,4-10H3,(H,41,50)(H,42,49)(H2,43,44,53)/t24?,26?,28?,29-,31+,33-/m1/s1. The van der Waals surface area contributed by atoms with E-state index in [-0.39, 0.29) is 50.2 Å². The van der Waals surface area contributed by atoms with Crippen molar-refractivity contribution >= 4 is 41.4 Å². The lowest BCUT2D eigenvalue weighted by Gasteiger charge is -2.39. The number of hydrogen-bond donors (Lipinski definition) is 4. The van der Waals surface area contributed by atoms with Crippen LogP contribution in [0.15, 0.2) is 49.6 Å². The molecule has 0 spiro atoms. The monoisotopic (exact) mass is 734 g/mol. The molecule has 0 aliphatic carbocycles. The maximum absolute atomic E-state index is 14.6. The van der Waals surface area contributed by atoms with E-state index in [4.69, 9.17) is 0 Å². The zero-order valence-electron chi connectivity index (χ0n) is 32.5. The van der Waals surface area contributed by atoms with E-state index in [0.717, 1.165) is 4.90 Å². The van der Waals surface area contributed by atoms with Crippen LogP contribution in [0.4, 0.5) is 4.79 Å². The molecule has 3 rings (SSSR count). The van der Waals surface area contributed by atoms with Crippen LogP contribution in [-0.2, 0) is 30.4 Å². The Kier molecular flexibility index (Phi) is 14.3. The number of carbonyl (C=O) groups excluding carboxylic acids is 7. The first kappa shape index (κ1) is 42.6. The number of imide groups is 1. The number of benzene rings is 1. The van der Waals surface area contributed by atoms with Crippen LogP contribution in [0.25, 0.3) is 0 Å². The summed E-state index contributed by atoms with van der Waals surface area (Å²) in [6, 6.07) is 2.37. The van der Waals surface area contributed by atoms with E-state index in [0.29, 0.717) is 24.0 Å². The Balaban J connectivity index is 1.88. The van der Waals surface area contributed by atoms with Crippen molar-refractivity contribution < 1.29 is 33.6 Å². The lowest BCUT2D eigenvalue weighted by Crippen LogP contribution is -2.62. The molecule has 13 heteroatoms. The van der Waals surface area contributed by atoms with Crippen molar-refractivity contribution in [3.63, 3.8) is 0 Å². The van der Waals surface area contributed by atoms with E-state index < -0.39 is 70.4 Å². The number of nitrogens with one attached hydrogen (secondary N) is 4. The smallest absolute Gasteiger partial charge is 0.315 e. The van der Waals surface area contributed by atoms with Gasteiger partial charge in [-0.1, -0.05) is 98.6 Å². The summed E-state index contributed by atoms with van der Waals surface area (Å²) in [5.41, 5.74) is -0.332. The molecule has 0 bridgehead atoms. The van der Waals surface area contributed by atoms with Crippen molar-refractivity contribution in [2.75, 3.05) is 19.6 Å². The minimum atomic E-state index is -1.11. The predicted molar refractivity (Wildman–Crippen MR) is 202 cm³/mol. The number of carbonyl (C=O) groups is 7. The summed E-state index contributed by atoms with van der Waals surface area (Å²) in [5, 5.41) is 11.0. The lowest BCUT2D eigenvalue weighted by molar-refractivity contribution is -0.144. The molecule has 2 aliphatic heterocycles. The number of Topliss-reactive ketones (excluding diaryl/α,β-unsaturated/α-hetero) is 1. The third kappa shape index (κ3) is 10.2. The topological polar surface area (TPSA) is 174 Å². The van der Waals surface area contributed by atoms with Gasteiger partial charge in [-0.05, 0) is 40.7 Å². The number of amides is 7. The van der Waals surface area contributed by atoms with Crippen molar-refractivity contribution in [1.82, 2.24) is 31.1 Å². The molecule has 2 heterocycles. The van der Waals surface area contributed by atoms with Gasteiger partial charge in [0.25, 0.3) is 11.8 Å². The maximum Gasteiger partial charge on any atom is 0.315 e. The van der Waals surface area contributed by atoms with E-state index in [1.165, 1.54) is 11.0 Å². The Morgan fingerprint density at radius 1 is 0.943 bits per heavy atom. The minimum Gasteiger partial charge on any atom is -0.346 e. The van der Waals surface area contributed by atoms with Crippen molar-refractivity contribution in [3.05, 3.63) is 60.7 Å². The second-order valence-corrected chi connectivity index (χ2v) is 16.1. The molecule has 3 unspecified atom stereocenters. The van der Waals surface area contributed by atoms with Gasteiger partial charge in [0.15, 0.2) is 0 Å². The third-order valence-corrected chi connectivity index (χ3v) is 10.1. The van der Waals surface area contributed by atoms with Gasteiger partial charge in [-0.3, -0.25) is 33.7 Å². The Hall–Kier alpha value is -4.81. The first-order chi connectivity index (χ1) is 24.8. The molecule has 2 aliphatic rings. The number of rotatable bonds is 15. The highest BCUT2D eigenvalue weighted by Crippen LogP contribution is 2.36. The number of ketones is 1. The summed E-state index contributed by atoms with van der Waals surface area (Å²) >= 11 is 0. The van der Waals surface area contributed by atoms with E-state index in [1.54, 1.807) is 51.1 Å². The molecule has 53 heavy (non-hydrogen) atoms. The highest BCUT2D eigenvalue weighted by Gasteiger charge is 2.50. The third-order valence-electron chi connectivity index (χ3n) is 10.1. The van der Waals surface area contributed by atoms with Crippen LogP contribution in [0, 0.1) is 22.7 Å². The second kappa shape index (κ2) is 17.8. The molecule has 4 N–H and O–H groups in total. The van der Waals surface area contributed by atoms with Gasteiger partial charge in [-0.15, -0.1) is 13.2 Å². The molecule has 0 aromatic heterocycles. The maximum atomic E-state index is 14.6. The van der Waals surface area contributed by atoms with E-state index in [1.807, 2.05) is 34.6 Å². The van der Waals surface area contributed by atoms with Crippen LogP contribution in [0.5, 0.6) is 0 Å². The molecule has 0 saturated carbocycles. The molecule has 290 valence electrons.